The summed E-state index contributed by atoms with van der Waals surface area (Å²) < 4.78 is 6.11. The summed E-state index contributed by atoms with van der Waals surface area (Å²) in [6.45, 7) is 3.61. The van der Waals surface area contributed by atoms with E-state index in [9.17, 15) is 4.79 Å². The normalized spacial score (nSPS) is 16.8. The van der Waals surface area contributed by atoms with Gasteiger partial charge in [-0.3, -0.25) is 14.1 Å². The summed E-state index contributed by atoms with van der Waals surface area (Å²) in [4.78, 5) is 17.4. The first-order chi connectivity index (χ1) is 16.1. The summed E-state index contributed by atoms with van der Waals surface area (Å²) >= 11 is 7.74. The highest BCUT2D eigenvalue weighted by Gasteiger charge is 2.28. The Kier molecular flexibility index (Phi) is 5.01. The first kappa shape index (κ1) is 20.5. The number of rotatable bonds is 4. The molecule has 0 amide bonds. The average Bonchev–Trinajstić information content (AvgIpc) is 3.57. The molecule has 0 spiro atoms. The number of likely N-dealkylation sites (tertiary alicyclic amines) is 1. The zero-order valence-electron chi connectivity index (χ0n) is 18.2. The lowest BCUT2D eigenvalue weighted by Crippen LogP contribution is -2.26. The number of aryl methyl sites for hydroxylation is 1. The molecular weight excluding hydrogens is 450 g/mol. The molecular formula is C25H23N5OS2. The highest BCUT2D eigenvalue weighted by atomic mass is 32.1. The maximum Gasteiger partial charge on any atom is 0.267 e. The van der Waals surface area contributed by atoms with Crippen molar-refractivity contribution in [2.75, 3.05) is 6.54 Å². The van der Waals surface area contributed by atoms with Crippen LogP contribution in [0.1, 0.15) is 29.3 Å². The van der Waals surface area contributed by atoms with Gasteiger partial charge in [0.1, 0.15) is 0 Å². The number of hydrogen-bond acceptors (Lipinski definition) is 5. The van der Waals surface area contributed by atoms with Crippen LogP contribution < -0.4 is 5.56 Å². The summed E-state index contributed by atoms with van der Waals surface area (Å²) in [5.74, 6) is 0.546. The first-order valence-corrected chi connectivity index (χ1v) is 12.4. The molecule has 5 aromatic rings. The van der Waals surface area contributed by atoms with Gasteiger partial charge in [-0.15, -0.1) is 16.4 Å². The Bertz CT molecular complexity index is 1600. The molecule has 0 aliphatic carbocycles. The number of aromatic nitrogens is 4. The van der Waals surface area contributed by atoms with E-state index in [2.05, 4.69) is 22.4 Å². The SMILES string of the molecule is Cc1ccccc1-n1c(=O)c2ccccc2n2c(=S)n(CN3CCCC3c3cccs3)nc12. The van der Waals surface area contributed by atoms with E-state index < -0.39 is 0 Å². The minimum atomic E-state index is -0.0859. The zero-order chi connectivity index (χ0) is 22.5. The number of fused-ring (bicyclic) bond motifs is 3. The summed E-state index contributed by atoms with van der Waals surface area (Å²) in [6.07, 6.45) is 2.29. The topological polar surface area (TPSA) is 47.5 Å². The quantitative estimate of drug-likeness (QED) is 0.331. The van der Waals surface area contributed by atoms with Gasteiger partial charge in [-0.1, -0.05) is 36.4 Å². The van der Waals surface area contributed by atoms with Crippen molar-refractivity contribution in [2.45, 2.75) is 32.5 Å². The van der Waals surface area contributed by atoms with Gasteiger partial charge in [0.25, 0.3) is 5.56 Å². The molecule has 1 aliphatic heterocycles. The van der Waals surface area contributed by atoms with Crippen LogP contribution in [0.2, 0.25) is 0 Å². The molecule has 1 saturated heterocycles. The lowest BCUT2D eigenvalue weighted by Gasteiger charge is -2.23. The molecule has 0 saturated carbocycles. The molecule has 6 nitrogen and oxygen atoms in total. The van der Waals surface area contributed by atoms with E-state index in [-0.39, 0.29) is 5.56 Å². The highest BCUT2D eigenvalue weighted by Crippen LogP contribution is 2.34. The third kappa shape index (κ3) is 3.28. The van der Waals surface area contributed by atoms with Crippen LogP contribution in [-0.4, -0.2) is 30.2 Å². The molecule has 3 aromatic heterocycles. The summed E-state index contributed by atoms with van der Waals surface area (Å²) in [5, 5.41) is 7.68. The Labute approximate surface area is 199 Å². The second-order valence-electron chi connectivity index (χ2n) is 8.49. The van der Waals surface area contributed by atoms with Crippen LogP contribution in [0.25, 0.3) is 22.4 Å². The van der Waals surface area contributed by atoms with Gasteiger partial charge in [-0.25, -0.2) is 9.25 Å². The van der Waals surface area contributed by atoms with Gasteiger partial charge < -0.3 is 0 Å². The van der Waals surface area contributed by atoms with Gasteiger partial charge >= 0.3 is 0 Å². The third-order valence-electron chi connectivity index (χ3n) is 6.51. The molecule has 1 fully saturated rings. The number of thiophene rings is 1. The maximum atomic E-state index is 13.6. The van der Waals surface area contributed by atoms with E-state index in [1.165, 1.54) is 4.88 Å². The second kappa shape index (κ2) is 8.06. The Morgan fingerprint density at radius 1 is 1.09 bits per heavy atom. The largest absolute Gasteiger partial charge is 0.276 e. The molecule has 8 heteroatoms. The van der Waals surface area contributed by atoms with E-state index in [4.69, 9.17) is 17.3 Å². The van der Waals surface area contributed by atoms with Crippen LogP contribution in [0.4, 0.5) is 0 Å². The second-order valence-corrected chi connectivity index (χ2v) is 9.83. The minimum absolute atomic E-state index is 0.0859. The molecule has 1 aliphatic rings. The third-order valence-corrected chi connectivity index (χ3v) is 7.87. The number of hydrogen-bond donors (Lipinski definition) is 0. The predicted molar refractivity (Wildman–Crippen MR) is 135 cm³/mol. The van der Waals surface area contributed by atoms with Crippen LogP contribution in [0.5, 0.6) is 0 Å². The average molecular weight is 474 g/mol. The maximum absolute atomic E-state index is 13.6. The lowest BCUT2D eigenvalue weighted by atomic mass is 10.2. The van der Waals surface area contributed by atoms with Crippen LogP contribution >= 0.6 is 23.6 Å². The van der Waals surface area contributed by atoms with Crippen molar-refractivity contribution in [3.63, 3.8) is 0 Å². The Morgan fingerprint density at radius 2 is 1.91 bits per heavy atom. The fourth-order valence-corrected chi connectivity index (χ4v) is 6.08. The molecule has 33 heavy (non-hydrogen) atoms. The van der Waals surface area contributed by atoms with E-state index in [1.807, 2.05) is 64.5 Å². The van der Waals surface area contributed by atoms with E-state index in [1.54, 1.807) is 15.9 Å². The van der Waals surface area contributed by atoms with Crippen LogP contribution in [-0.2, 0) is 6.67 Å². The van der Waals surface area contributed by atoms with Gasteiger partial charge in [0.05, 0.1) is 23.3 Å². The van der Waals surface area contributed by atoms with Gasteiger partial charge in [-0.2, -0.15) is 0 Å². The van der Waals surface area contributed by atoms with Crippen LogP contribution in [0.15, 0.2) is 70.8 Å². The van der Waals surface area contributed by atoms with E-state index in [0.717, 1.165) is 36.2 Å². The smallest absolute Gasteiger partial charge is 0.267 e. The van der Waals surface area contributed by atoms with Crippen molar-refractivity contribution in [2.24, 2.45) is 0 Å². The fraction of sp³-hybridized carbons (Fsp3) is 0.240. The van der Waals surface area contributed by atoms with E-state index in [0.29, 0.717) is 28.6 Å². The Balaban J connectivity index is 1.57. The molecule has 0 bridgehead atoms. The van der Waals surface area contributed by atoms with Crippen LogP contribution in [0, 0.1) is 11.7 Å². The first-order valence-electron chi connectivity index (χ1n) is 11.1. The van der Waals surface area contributed by atoms with Crippen molar-refractivity contribution < 1.29 is 0 Å². The lowest BCUT2D eigenvalue weighted by molar-refractivity contribution is 0.192. The van der Waals surface area contributed by atoms with Crippen molar-refractivity contribution in [3.05, 3.63) is 91.6 Å². The van der Waals surface area contributed by atoms with E-state index >= 15 is 0 Å². The molecule has 0 N–H and O–H groups in total. The summed E-state index contributed by atoms with van der Waals surface area (Å²) in [7, 11) is 0. The Hall–Kier alpha value is -3.07. The Morgan fingerprint density at radius 3 is 2.73 bits per heavy atom. The molecule has 0 radical (unpaired) electrons. The molecule has 4 heterocycles. The van der Waals surface area contributed by atoms with Crippen LogP contribution in [0.3, 0.4) is 0 Å². The van der Waals surface area contributed by atoms with Crippen molar-refractivity contribution >= 4 is 40.2 Å². The molecule has 6 rings (SSSR count). The van der Waals surface area contributed by atoms with Crippen molar-refractivity contribution in [1.82, 2.24) is 23.6 Å². The molecule has 2 aromatic carbocycles. The molecule has 1 unspecified atom stereocenters. The number of nitrogens with zero attached hydrogens (tertiary/aromatic N) is 5. The van der Waals surface area contributed by atoms with Crippen molar-refractivity contribution in [3.8, 4) is 5.69 Å². The molecule has 1 atom stereocenters. The van der Waals surface area contributed by atoms with Crippen molar-refractivity contribution in [1.29, 1.82) is 0 Å². The van der Waals surface area contributed by atoms with Gasteiger partial charge in [0.15, 0.2) is 0 Å². The summed E-state index contributed by atoms with van der Waals surface area (Å²) in [5.41, 5.74) is 2.53. The number of benzene rings is 2. The number of para-hydroxylation sites is 2. The van der Waals surface area contributed by atoms with Gasteiger partial charge in [0.2, 0.25) is 10.5 Å². The monoisotopic (exact) mass is 473 g/mol. The predicted octanol–water partition coefficient (Wildman–Crippen LogP) is 5.33. The zero-order valence-corrected chi connectivity index (χ0v) is 19.9. The standard InChI is InChI=1S/C25H23N5OS2/c1-17-8-2-4-10-19(17)29-23(31)18-9-3-5-11-20(18)30-24(29)26-28(25(30)32)16-27-14-6-12-21(27)22-13-7-15-33-22/h2-5,7-11,13,15,21H,6,12,14,16H2,1H3. The summed E-state index contributed by atoms with van der Waals surface area (Å²) in [6, 6.07) is 20.2. The highest BCUT2D eigenvalue weighted by molar-refractivity contribution is 7.71. The molecule has 166 valence electrons. The van der Waals surface area contributed by atoms with Gasteiger partial charge in [0, 0.05) is 17.5 Å². The fourth-order valence-electron chi connectivity index (χ4n) is 4.91. The van der Waals surface area contributed by atoms with Gasteiger partial charge in [-0.05, 0) is 67.2 Å². The minimum Gasteiger partial charge on any atom is -0.276 e.